The van der Waals surface area contributed by atoms with Crippen molar-refractivity contribution in [3.8, 4) is 0 Å². The third-order valence-corrected chi connectivity index (χ3v) is 2.77. The van der Waals surface area contributed by atoms with Crippen LogP contribution in [0.1, 0.15) is 47.0 Å². The SMILES string of the molecule is CCCCC1C=CCN(C(=O)OC(C)(C)C)C1. The highest BCUT2D eigenvalue weighted by molar-refractivity contribution is 5.68. The maximum Gasteiger partial charge on any atom is 0.410 e. The highest BCUT2D eigenvalue weighted by Crippen LogP contribution is 2.18. The molecular formula is C14H25NO2. The Morgan fingerprint density at radius 2 is 2.18 bits per heavy atom. The Morgan fingerprint density at radius 3 is 2.76 bits per heavy atom. The van der Waals surface area contributed by atoms with E-state index in [0.717, 1.165) is 13.0 Å². The van der Waals surface area contributed by atoms with Gasteiger partial charge in [0.15, 0.2) is 0 Å². The molecule has 0 saturated heterocycles. The monoisotopic (exact) mass is 239 g/mol. The lowest BCUT2D eigenvalue weighted by atomic mass is 9.99. The van der Waals surface area contributed by atoms with Gasteiger partial charge in [-0.1, -0.05) is 31.9 Å². The number of rotatable bonds is 3. The number of amides is 1. The summed E-state index contributed by atoms with van der Waals surface area (Å²) in [5, 5.41) is 0. The van der Waals surface area contributed by atoms with Crippen LogP contribution in [0.4, 0.5) is 4.79 Å². The zero-order valence-corrected chi connectivity index (χ0v) is 11.5. The molecule has 1 heterocycles. The summed E-state index contributed by atoms with van der Waals surface area (Å²) in [5.41, 5.74) is -0.406. The van der Waals surface area contributed by atoms with E-state index in [1.807, 2.05) is 20.8 Å². The minimum atomic E-state index is -0.406. The van der Waals surface area contributed by atoms with E-state index >= 15 is 0 Å². The summed E-state index contributed by atoms with van der Waals surface area (Å²) in [6, 6.07) is 0. The van der Waals surface area contributed by atoms with Gasteiger partial charge in [0.1, 0.15) is 5.60 Å². The van der Waals surface area contributed by atoms with Gasteiger partial charge in [0, 0.05) is 13.1 Å². The van der Waals surface area contributed by atoms with Crippen molar-refractivity contribution in [3.05, 3.63) is 12.2 Å². The second-order valence-electron chi connectivity index (χ2n) is 5.72. The van der Waals surface area contributed by atoms with Crippen LogP contribution >= 0.6 is 0 Å². The van der Waals surface area contributed by atoms with Crippen LogP contribution in [0.5, 0.6) is 0 Å². The summed E-state index contributed by atoms with van der Waals surface area (Å²) >= 11 is 0. The van der Waals surface area contributed by atoms with Crippen molar-refractivity contribution in [2.45, 2.75) is 52.6 Å². The number of carbonyl (C=O) groups is 1. The van der Waals surface area contributed by atoms with Gasteiger partial charge in [0.25, 0.3) is 0 Å². The molecular weight excluding hydrogens is 214 g/mol. The van der Waals surface area contributed by atoms with Crippen LogP contribution in [0.15, 0.2) is 12.2 Å². The molecule has 1 unspecified atom stereocenters. The highest BCUT2D eigenvalue weighted by Gasteiger charge is 2.24. The van der Waals surface area contributed by atoms with E-state index in [4.69, 9.17) is 4.74 Å². The van der Waals surface area contributed by atoms with Crippen molar-refractivity contribution >= 4 is 6.09 Å². The number of nitrogens with zero attached hydrogens (tertiary/aromatic N) is 1. The molecule has 0 N–H and O–H groups in total. The minimum Gasteiger partial charge on any atom is -0.444 e. The van der Waals surface area contributed by atoms with Crippen LogP contribution < -0.4 is 0 Å². The summed E-state index contributed by atoms with van der Waals surface area (Å²) in [4.78, 5) is 13.7. The third kappa shape index (κ3) is 5.24. The predicted molar refractivity (Wildman–Crippen MR) is 70.0 cm³/mol. The topological polar surface area (TPSA) is 29.5 Å². The van der Waals surface area contributed by atoms with E-state index in [2.05, 4.69) is 19.1 Å². The van der Waals surface area contributed by atoms with Crippen LogP contribution in [0.3, 0.4) is 0 Å². The van der Waals surface area contributed by atoms with Crippen LogP contribution in [-0.2, 0) is 4.74 Å². The van der Waals surface area contributed by atoms with Crippen molar-refractivity contribution in [2.75, 3.05) is 13.1 Å². The molecule has 3 heteroatoms. The molecule has 0 fully saturated rings. The number of hydrogen-bond acceptors (Lipinski definition) is 2. The lowest BCUT2D eigenvalue weighted by Crippen LogP contribution is -2.41. The largest absolute Gasteiger partial charge is 0.444 e. The fraction of sp³-hybridized carbons (Fsp3) is 0.786. The van der Waals surface area contributed by atoms with E-state index in [1.54, 1.807) is 4.90 Å². The average Bonchev–Trinajstić information content (AvgIpc) is 2.24. The summed E-state index contributed by atoms with van der Waals surface area (Å²) in [7, 11) is 0. The molecule has 1 aliphatic rings. The fourth-order valence-electron chi connectivity index (χ4n) is 1.93. The smallest absolute Gasteiger partial charge is 0.410 e. The first kappa shape index (κ1) is 14.1. The van der Waals surface area contributed by atoms with Gasteiger partial charge >= 0.3 is 6.09 Å². The van der Waals surface area contributed by atoms with Crippen LogP contribution in [0, 0.1) is 5.92 Å². The second kappa shape index (κ2) is 6.08. The van der Waals surface area contributed by atoms with Gasteiger partial charge in [-0.25, -0.2) is 4.79 Å². The van der Waals surface area contributed by atoms with Crippen molar-refractivity contribution in [3.63, 3.8) is 0 Å². The molecule has 0 spiro atoms. The van der Waals surface area contributed by atoms with Crippen LogP contribution in [-0.4, -0.2) is 29.7 Å². The first-order chi connectivity index (χ1) is 7.92. The van der Waals surface area contributed by atoms with E-state index in [1.165, 1.54) is 12.8 Å². The molecule has 3 nitrogen and oxygen atoms in total. The number of hydrogen-bond donors (Lipinski definition) is 0. The predicted octanol–water partition coefficient (Wildman–Crippen LogP) is 3.60. The number of ether oxygens (including phenoxy) is 1. The molecule has 0 aromatic carbocycles. The summed E-state index contributed by atoms with van der Waals surface area (Å²) < 4.78 is 5.38. The summed E-state index contributed by atoms with van der Waals surface area (Å²) in [5.74, 6) is 0.496. The Morgan fingerprint density at radius 1 is 1.47 bits per heavy atom. The van der Waals surface area contributed by atoms with E-state index in [-0.39, 0.29) is 6.09 Å². The number of unbranched alkanes of at least 4 members (excludes halogenated alkanes) is 1. The molecule has 0 aromatic rings. The van der Waals surface area contributed by atoms with E-state index in [9.17, 15) is 4.79 Å². The van der Waals surface area contributed by atoms with E-state index < -0.39 is 5.60 Å². The maximum atomic E-state index is 11.9. The second-order valence-corrected chi connectivity index (χ2v) is 5.72. The molecule has 98 valence electrons. The average molecular weight is 239 g/mol. The lowest BCUT2D eigenvalue weighted by Gasteiger charge is -2.31. The fourth-order valence-corrected chi connectivity index (χ4v) is 1.93. The molecule has 1 atom stereocenters. The Kier molecular flexibility index (Phi) is 5.03. The summed E-state index contributed by atoms with van der Waals surface area (Å²) in [6.45, 7) is 9.37. The quantitative estimate of drug-likeness (QED) is 0.704. The Balaban J connectivity index is 2.45. The third-order valence-electron chi connectivity index (χ3n) is 2.77. The van der Waals surface area contributed by atoms with Gasteiger partial charge in [0.2, 0.25) is 0 Å². The first-order valence-electron chi connectivity index (χ1n) is 6.57. The standard InChI is InChI=1S/C14H25NO2/c1-5-6-8-12-9-7-10-15(11-12)13(16)17-14(2,3)4/h7,9,12H,5-6,8,10-11H2,1-4H3. The molecule has 0 radical (unpaired) electrons. The van der Waals surface area contributed by atoms with E-state index in [0.29, 0.717) is 12.5 Å². The maximum absolute atomic E-state index is 11.9. The van der Waals surface area contributed by atoms with Crippen LogP contribution in [0.25, 0.3) is 0 Å². The Hall–Kier alpha value is -0.990. The minimum absolute atomic E-state index is 0.191. The van der Waals surface area contributed by atoms with Gasteiger partial charge in [-0.2, -0.15) is 0 Å². The molecule has 0 saturated carbocycles. The number of carbonyl (C=O) groups excluding carboxylic acids is 1. The van der Waals surface area contributed by atoms with Crippen molar-refractivity contribution in [1.29, 1.82) is 0 Å². The van der Waals surface area contributed by atoms with Gasteiger partial charge in [-0.05, 0) is 33.1 Å². The highest BCUT2D eigenvalue weighted by atomic mass is 16.6. The first-order valence-corrected chi connectivity index (χ1v) is 6.57. The van der Waals surface area contributed by atoms with Gasteiger partial charge in [0.05, 0.1) is 0 Å². The molecule has 0 aliphatic carbocycles. The molecule has 1 rings (SSSR count). The zero-order chi connectivity index (χ0) is 12.9. The Bertz CT molecular complexity index is 278. The van der Waals surface area contributed by atoms with Gasteiger partial charge in [-0.15, -0.1) is 0 Å². The van der Waals surface area contributed by atoms with Gasteiger partial charge in [-0.3, -0.25) is 0 Å². The summed E-state index contributed by atoms with van der Waals surface area (Å²) in [6.07, 6.45) is 7.70. The lowest BCUT2D eigenvalue weighted by molar-refractivity contribution is 0.0242. The normalized spacial score (nSPS) is 20.5. The van der Waals surface area contributed by atoms with Gasteiger partial charge < -0.3 is 9.64 Å². The van der Waals surface area contributed by atoms with Crippen LogP contribution in [0.2, 0.25) is 0 Å². The molecule has 17 heavy (non-hydrogen) atoms. The molecule has 1 amide bonds. The zero-order valence-electron chi connectivity index (χ0n) is 11.5. The van der Waals surface area contributed by atoms with Crippen molar-refractivity contribution < 1.29 is 9.53 Å². The Labute approximate surface area is 105 Å². The molecule has 0 aromatic heterocycles. The molecule has 1 aliphatic heterocycles. The molecule has 0 bridgehead atoms. The van der Waals surface area contributed by atoms with Crippen molar-refractivity contribution in [2.24, 2.45) is 5.92 Å². The van der Waals surface area contributed by atoms with Crippen molar-refractivity contribution in [1.82, 2.24) is 4.90 Å².